The molecular weight excluding hydrogens is 274 g/mol. The maximum Gasteiger partial charge on any atom is 0.255 e. The van der Waals surface area contributed by atoms with Crippen molar-refractivity contribution in [2.45, 2.75) is 20.3 Å². The van der Waals surface area contributed by atoms with E-state index in [-0.39, 0.29) is 5.91 Å². The third kappa shape index (κ3) is 2.83. The molecule has 1 saturated heterocycles. The van der Waals surface area contributed by atoms with Crippen LogP contribution in [0, 0.1) is 19.8 Å². The summed E-state index contributed by atoms with van der Waals surface area (Å²) in [7, 11) is 1.96. The van der Waals surface area contributed by atoms with Crippen LogP contribution in [0.2, 0.25) is 0 Å². The van der Waals surface area contributed by atoms with Gasteiger partial charge in [-0.3, -0.25) is 9.78 Å². The van der Waals surface area contributed by atoms with Gasteiger partial charge < -0.3 is 10.2 Å². The standard InChI is InChI=1S/C18H23N3O/c1-12-4-5-15-9-16(13(2)20-17(15)8-12)18(22)21-7-6-14(11-21)10-19-3/h4-5,8-9,14,19H,6-7,10-11H2,1-3H3/t14-/m1/s1. The van der Waals surface area contributed by atoms with Gasteiger partial charge >= 0.3 is 0 Å². The molecule has 0 radical (unpaired) electrons. The zero-order chi connectivity index (χ0) is 15.7. The summed E-state index contributed by atoms with van der Waals surface area (Å²) in [6.45, 7) is 6.64. The van der Waals surface area contributed by atoms with Crippen molar-refractivity contribution in [2.75, 3.05) is 26.7 Å². The van der Waals surface area contributed by atoms with Crippen molar-refractivity contribution < 1.29 is 4.79 Å². The number of benzene rings is 1. The smallest absolute Gasteiger partial charge is 0.255 e. The topological polar surface area (TPSA) is 45.2 Å². The van der Waals surface area contributed by atoms with Crippen molar-refractivity contribution in [3.63, 3.8) is 0 Å². The van der Waals surface area contributed by atoms with Gasteiger partial charge in [0.05, 0.1) is 16.8 Å². The van der Waals surface area contributed by atoms with Crippen molar-refractivity contribution in [1.29, 1.82) is 0 Å². The number of pyridine rings is 1. The Morgan fingerprint density at radius 3 is 2.95 bits per heavy atom. The van der Waals surface area contributed by atoms with Crippen LogP contribution in [0.4, 0.5) is 0 Å². The van der Waals surface area contributed by atoms with Crippen molar-refractivity contribution in [3.8, 4) is 0 Å². The van der Waals surface area contributed by atoms with E-state index >= 15 is 0 Å². The average molecular weight is 297 g/mol. The normalized spacial score (nSPS) is 18.1. The molecule has 0 bridgehead atoms. The first-order valence-corrected chi connectivity index (χ1v) is 7.90. The monoisotopic (exact) mass is 297 g/mol. The Balaban J connectivity index is 1.88. The fourth-order valence-corrected chi connectivity index (χ4v) is 3.23. The predicted octanol–water partition coefficient (Wildman–Crippen LogP) is 2.53. The molecule has 0 aliphatic carbocycles. The largest absolute Gasteiger partial charge is 0.338 e. The Labute approximate surface area is 131 Å². The second-order valence-corrected chi connectivity index (χ2v) is 6.28. The van der Waals surface area contributed by atoms with E-state index in [4.69, 9.17) is 0 Å². The highest BCUT2D eigenvalue weighted by Gasteiger charge is 2.27. The molecule has 1 aliphatic heterocycles. The van der Waals surface area contributed by atoms with E-state index < -0.39 is 0 Å². The van der Waals surface area contributed by atoms with Crippen molar-refractivity contribution in [2.24, 2.45) is 5.92 Å². The Bertz CT molecular complexity index is 711. The summed E-state index contributed by atoms with van der Waals surface area (Å²) in [6, 6.07) is 8.16. The van der Waals surface area contributed by atoms with Crippen LogP contribution in [0.3, 0.4) is 0 Å². The lowest BCUT2D eigenvalue weighted by molar-refractivity contribution is 0.0786. The number of carbonyl (C=O) groups is 1. The Kier molecular flexibility index (Phi) is 4.12. The lowest BCUT2D eigenvalue weighted by Gasteiger charge is -2.18. The quantitative estimate of drug-likeness (QED) is 0.947. The van der Waals surface area contributed by atoms with Crippen molar-refractivity contribution in [3.05, 3.63) is 41.1 Å². The van der Waals surface area contributed by atoms with Gasteiger partial charge in [-0.25, -0.2) is 0 Å². The Morgan fingerprint density at radius 2 is 2.18 bits per heavy atom. The predicted molar refractivity (Wildman–Crippen MR) is 89.2 cm³/mol. The van der Waals surface area contributed by atoms with Crippen molar-refractivity contribution in [1.82, 2.24) is 15.2 Å². The van der Waals surface area contributed by atoms with Gasteiger partial charge in [-0.15, -0.1) is 0 Å². The lowest BCUT2D eigenvalue weighted by atomic mass is 10.1. The minimum Gasteiger partial charge on any atom is -0.338 e. The lowest BCUT2D eigenvalue weighted by Crippen LogP contribution is -2.31. The summed E-state index contributed by atoms with van der Waals surface area (Å²) in [5.74, 6) is 0.677. The maximum atomic E-state index is 12.8. The molecule has 1 aromatic heterocycles. The van der Waals surface area contributed by atoms with Gasteiger partial charge in [0, 0.05) is 18.5 Å². The molecule has 1 fully saturated rings. The van der Waals surface area contributed by atoms with E-state index in [1.807, 2.05) is 31.0 Å². The SMILES string of the molecule is CNC[C@H]1CCN(C(=O)c2cc3ccc(C)cc3nc2C)C1. The zero-order valence-electron chi connectivity index (χ0n) is 13.5. The molecule has 3 rings (SSSR count). The number of aromatic nitrogens is 1. The van der Waals surface area contributed by atoms with Crippen LogP contribution in [0.15, 0.2) is 24.3 Å². The van der Waals surface area contributed by atoms with Gasteiger partial charge in [0.25, 0.3) is 5.91 Å². The molecule has 1 aromatic carbocycles. The highest BCUT2D eigenvalue weighted by molar-refractivity contribution is 5.98. The van der Waals surface area contributed by atoms with Gasteiger partial charge in [0.15, 0.2) is 0 Å². The highest BCUT2D eigenvalue weighted by atomic mass is 16.2. The molecule has 1 atom stereocenters. The number of fused-ring (bicyclic) bond motifs is 1. The first-order chi connectivity index (χ1) is 10.6. The molecule has 22 heavy (non-hydrogen) atoms. The molecule has 1 N–H and O–H groups in total. The molecule has 1 amide bonds. The number of aryl methyl sites for hydroxylation is 2. The third-order valence-electron chi connectivity index (χ3n) is 4.46. The van der Waals surface area contributed by atoms with Gasteiger partial charge in [0.2, 0.25) is 0 Å². The molecule has 2 heterocycles. The fourth-order valence-electron chi connectivity index (χ4n) is 3.23. The van der Waals surface area contributed by atoms with Gasteiger partial charge in [-0.1, -0.05) is 12.1 Å². The van der Waals surface area contributed by atoms with E-state index in [9.17, 15) is 4.79 Å². The van der Waals surface area contributed by atoms with E-state index in [0.29, 0.717) is 5.92 Å². The van der Waals surface area contributed by atoms with Crippen LogP contribution in [0.1, 0.15) is 28.0 Å². The van der Waals surface area contributed by atoms with Gasteiger partial charge in [-0.2, -0.15) is 0 Å². The highest BCUT2D eigenvalue weighted by Crippen LogP contribution is 2.22. The second-order valence-electron chi connectivity index (χ2n) is 6.28. The fraction of sp³-hybridized carbons (Fsp3) is 0.444. The maximum absolute atomic E-state index is 12.8. The summed E-state index contributed by atoms with van der Waals surface area (Å²) >= 11 is 0. The van der Waals surface area contributed by atoms with Crippen LogP contribution in [-0.2, 0) is 0 Å². The number of nitrogens with one attached hydrogen (secondary N) is 1. The third-order valence-corrected chi connectivity index (χ3v) is 4.46. The number of amides is 1. The van der Waals surface area contributed by atoms with Gasteiger partial charge in [-0.05, 0) is 57.5 Å². The first-order valence-electron chi connectivity index (χ1n) is 7.90. The van der Waals surface area contributed by atoms with Crippen molar-refractivity contribution >= 4 is 16.8 Å². The summed E-state index contributed by atoms with van der Waals surface area (Å²) in [5, 5.41) is 4.23. The molecule has 4 nitrogen and oxygen atoms in total. The minimum absolute atomic E-state index is 0.117. The van der Waals surface area contributed by atoms with Crippen LogP contribution >= 0.6 is 0 Å². The molecule has 4 heteroatoms. The van der Waals surface area contributed by atoms with Crippen LogP contribution in [0.25, 0.3) is 10.9 Å². The molecule has 2 aromatic rings. The molecule has 116 valence electrons. The van der Waals surface area contributed by atoms with Crippen LogP contribution in [-0.4, -0.2) is 42.5 Å². The van der Waals surface area contributed by atoms with E-state index in [0.717, 1.165) is 48.2 Å². The average Bonchev–Trinajstić information content (AvgIpc) is 2.95. The van der Waals surface area contributed by atoms with E-state index in [2.05, 4.69) is 29.4 Å². The Hall–Kier alpha value is -1.94. The van der Waals surface area contributed by atoms with Crippen LogP contribution in [0.5, 0.6) is 0 Å². The second kappa shape index (κ2) is 6.05. The van der Waals surface area contributed by atoms with Crippen LogP contribution < -0.4 is 5.32 Å². The first kappa shape index (κ1) is 15.0. The summed E-state index contributed by atoms with van der Waals surface area (Å²) in [6.07, 6.45) is 1.08. The number of rotatable bonds is 3. The summed E-state index contributed by atoms with van der Waals surface area (Å²) in [5.41, 5.74) is 3.71. The van der Waals surface area contributed by atoms with E-state index in [1.165, 1.54) is 5.56 Å². The minimum atomic E-state index is 0.117. The molecule has 1 aliphatic rings. The molecule has 0 unspecified atom stereocenters. The number of hydrogen-bond acceptors (Lipinski definition) is 3. The molecule has 0 spiro atoms. The van der Waals surface area contributed by atoms with E-state index in [1.54, 1.807) is 0 Å². The number of hydrogen-bond donors (Lipinski definition) is 1. The number of likely N-dealkylation sites (tertiary alicyclic amines) is 1. The Morgan fingerprint density at radius 1 is 1.36 bits per heavy atom. The van der Waals surface area contributed by atoms with Gasteiger partial charge in [0.1, 0.15) is 0 Å². The molecule has 0 saturated carbocycles. The summed E-state index contributed by atoms with van der Waals surface area (Å²) in [4.78, 5) is 19.4. The number of carbonyl (C=O) groups excluding carboxylic acids is 1. The molecular formula is C18H23N3O. The summed E-state index contributed by atoms with van der Waals surface area (Å²) < 4.78 is 0. The number of nitrogens with zero attached hydrogens (tertiary/aromatic N) is 2. The zero-order valence-corrected chi connectivity index (χ0v) is 13.5.